The molecule has 0 radical (unpaired) electrons. The molecule has 0 spiro atoms. The highest BCUT2D eigenvalue weighted by Gasteiger charge is 2.53. The third-order valence-electron chi connectivity index (χ3n) is 14.7. The number of Topliss-reactive ketones (excluding diaryl/α,β-unsaturated/α-hetero) is 1. The van der Waals surface area contributed by atoms with Gasteiger partial charge in [0.25, 0.3) is 0 Å². The van der Waals surface area contributed by atoms with Crippen molar-refractivity contribution in [2.45, 2.75) is 197 Å². The number of aliphatic hydroxyl groups is 5. The van der Waals surface area contributed by atoms with Crippen LogP contribution in [-0.2, 0) is 60.8 Å². The fourth-order valence-corrected chi connectivity index (χ4v) is 11.1. The lowest BCUT2D eigenvalue weighted by atomic mass is 9.74. The molecule has 68 heavy (non-hydrogen) atoms. The molecule has 20 heteroatoms. The number of sulfone groups is 1. The van der Waals surface area contributed by atoms with Crippen molar-refractivity contribution in [3.63, 3.8) is 0 Å². The fraction of sp³-hybridized carbons (Fsp3) is 0.792. The number of carbonyl (C=O) groups excluding carboxylic acids is 2. The lowest BCUT2D eigenvalue weighted by Gasteiger charge is -2.49. The third kappa shape index (κ3) is 12.7. The zero-order valence-electron chi connectivity index (χ0n) is 42.0. The Morgan fingerprint density at radius 1 is 0.956 bits per heavy atom. The number of hydrogen-bond acceptors (Lipinski definition) is 18. The number of carbonyl (C=O) groups is 2. The van der Waals surface area contributed by atoms with Gasteiger partial charge in [-0.05, 0) is 85.5 Å². The first kappa shape index (κ1) is 55.9. The van der Waals surface area contributed by atoms with Gasteiger partial charge in [0.15, 0.2) is 22.4 Å². The van der Waals surface area contributed by atoms with Crippen molar-refractivity contribution in [2.24, 2.45) is 23.7 Å². The number of ether oxygens (including phenoxy) is 6. The SMILES string of the molecule is CC[C@H]1OC(=O)[C@H](C)[C@@H](O[C@H]2C[C@@](C)(OC)[C@@H](O)[C@H](C)O2)[C@H](C)[C@@H](O[C@@H]2O[C@H](C)C[C@H](N(C)CCc3cn(Cc4cccc(S(C)(=O)=O)c4)nn3)[C@H]2O)[C@](C)(O)C[C@@H](C)C(=O)[C@H](C)[C@@H](O)[C@]1(C)O. The summed E-state index contributed by atoms with van der Waals surface area (Å²) in [5, 5.41) is 67.6. The zero-order chi connectivity index (χ0) is 50.8. The Kier molecular flexibility index (Phi) is 18.3. The van der Waals surface area contributed by atoms with Crippen molar-refractivity contribution < 1.29 is 72.0 Å². The van der Waals surface area contributed by atoms with Crippen LogP contribution in [0.25, 0.3) is 0 Å². The predicted molar refractivity (Wildman–Crippen MR) is 248 cm³/mol. The summed E-state index contributed by atoms with van der Waals surface area (Å²) in [6.45, 7) is 16.9. The first-order chi connectivity index (χ1) is 31.5. The van der Waals surface area contributed by atoms with Gasteiger partial charge in [-0.25, -0.2) is 13.1 Å². The summed E-state index contributed by atoms with van der Waals surface area (Å²) in [5.41, 5.74) is -3.60. The van der Waals surface area contributed by atoms with E-state index in [0.29, 0.717) is 31.6 Å². The van der Waals surface area contributed by atoms with E-state index in [9.17, 15) is 43.5 Å². The van der Waals surface area contributed by atoms with E-state index in [1.807, 2.05) is 24.9 Å². The van der Waals surface area contributed by atoms with E-state index in [2.05, 4.69) is 10.3 Å². The number of likely N-dealkylation sites (N-methyl/N-ethyl adjacent to an activating group) is 1. The van der Waals surface area contributed by atoms with Crippen molar-refractivity contribution >= 4 is 21.6 Å². The van der Waals surface area contributed by atoms with Crippen LogP contribution in [0.5, 0.6) is 0 Å². The average molecular weight is 983 g/mol. The van der Waals surface area contributed by atoms with E-state index in [4.69, 9.17) is 28.4 Å². The van der Waals surface area contributed by atoms with Crippen molar-refractivity contribution in [2.75, 3.05) is 27.0 Å². The molecule has 19 nitrogen and oxygen atoms in total. The van der Waals surface area contributed by atoms with Crippen molar-refractivity contribution in [1.82, 2.24) is 19.9 Å². The number of esters is 1. The van der Waals surface area contributed by atoms with Crippen LogP contribution in [-0.4, -0.2) is 177 Å². The average Bonchev–Trinajstić information content (AvgIpc) is 3.72. The summed E-state index contributed by atoms with van der Waals surface area (Å²) >= 11 is 0. The molecule has 5 N–H and O–H groups in total. The molecule has 3 aliphatic heterocycles. The van der Waals surface area contributed by atoms with Crippen LogP contribution in [0.2, 0.25) is 0 Å². The van der Waals surface area contributed by atoms with Crippen LogP contribution in [0.3, 0.4) is 0 Å². The summed E-state index contributed by atoms with van der Waals surface area (Å²) < 4.78 is 63.5. The molecular weight excluding hydrogens is 905 g/mol. The normalized spacial score (nSPS) is 40.5. The Bertz CT molecular complexity index is 2120. The highest BCUT2D eigenvalue weighted by Crippen LogP contribution is 2.41. The standard InChI is InChI=1S/C48H78N4O15S/c1-14-36-48(10,59)41(55)28(4)38(53)26(2)22-46(8,58)43(29(5)40(30(6)44(57)65-36)66-37-23-47(9,62-12)42(56)31(7)64-37)67-45-39(54)35(20-27(3)63-45)51(11)19-18-33-25-52(50-49-33)24-32-16-15-17-34(21-32)68(13,60)61/h15-17,21,25-31,35-37,39-43,45,54-56,58-59H,14,18-20,22-24H2,1-13H3/t26-,27-,28+,29+,30-,31+,35+,36-,37+,39-,40+,41-,42+,43-,45+,46-,47-,48-/m1/s1. The third-order valence-corrected chi connectivity index (χ3v) is 15.8. The van der Waals surface area contributed by atoms with Crippen molar-refractivity contribution in [1.29, 1.82) is 0 Å². The van der Waals surface area contributed by atoms with Crippen molar-refractivity contribution in [3.05, 3.63) is 41.7 Å². The molecule has 386 valence electrons. The van der Waals surface area contributed by atoms with Gasteiger partial charge >= 0.3 is 5.97 Å². The predicted octanol–water partition coefficient (Wildman–Crippen LogP) is 2.44. The van der Waals surface area contributed by atoms with Gasteiger partial charge in [-0.3, -0.25) is 9.59 Å². The number of rotatable bonds is 13. The summed E-state index contributed by atoms with van der Waals surface area (Å²) in [6.07, 6.45) is -7.38. The van der Waals surface area contributed by atoms with Crippen molar-refractivity contribution in [3.8, 4) is 0 Å². The van der Waals surface area contributed by atoms with Crippen LogP contribution in [0.4, 0.5) is 0 Å². The first-order valence-corrected chi connectivity index (χ1v) is 25.7. The number of aromatic nitrogens is 3. The van der Waals surface area contributed by atoms with E-state index in [1.165, 1.54) is 27.9 Å². The second-order valence-corrected chi connectivity index (χ2v) is 22.6. The maximum atomic E-state index is 14.3. The van der Waals surface area contributed by atoms with E-state index in [1.54, 1.807) is 70.6 Å². The van der Waals surface area contributed by atoms with Gasteiger partial charge in [-0.2, -0.15) is 0 Å². The second-order valence-electron chi connectivity index (χ2n) is 20.6. The van der Waals surface area contributed by atoms with Gasteiger partial charge in [0.1, 0.15) is 29.7 Å². The Hall–Kier alpha value is -2.99. The lowest BCUT2D eigenvalue weighted by Crippen LogP contribution is -2.61. The lowest BCUT2D eigenvalue weighted by molar-refractivity contribution is -0.318. The molecule has 4 heterocycles. The molecule has 3 saturated heterocycles. The van der Waals surface area contributed by atoms with Crippen LogP contribution in [0.1, 0.15) is 106 Å². The Morgan fingerprint density at radius 3 is 2.26 bits per heavy atom. The minimum atomic E-state index is -3.38. The monoisotopic (exact) mass is 983 g/mol. The number of methoxy groups -OCH3 is 1. The molecule has 5 rings (SSSR count). The summed E-state index contributed by atoms with van der Waals surface area (Å²) in [6, 6.07) is 6.15. The molecule has 1 aromatic heterocycles. The molecule has 0 amide bonds. The number of aliphatic hydroxyl groups excluding tert-OH is 3. The maximum absolute atomic E-state index is 14.3. The minimum absolute atomic E-state index is 0.0510. The maximum Gasteiger partial charge on any atom is 0.311 e. The second kappa shape index (κ2) is 22.2. The zero-order valence-corrected chi connectivity index (χ0v) is 42.8. The molecule has 0 aliphatic carbocycles. The number of benzene rings is 1. The van der Waals surface area contributed by atoms with Crippen LogP contribution < -0.4 is 0 Å². The largest absolute Gasteiger partial charge is 0.459 e. The van der Waals surface area contributed by atoms with Gasteiger partial charge in [0.05, 0.1) is 64.8 Å². The van der Waals surface area contributed by atoms with Crippen LogP contribution >= 0.6 is 0 Å². The summed E-state index contributed by atoms with van der Waals surface area (Å²) in [5.74, 6) is -5.32. The van der Waals surface area contributed by atoms with Gasteiger partial charge in [0, 0.05) is 62.7 Å². The molecule has 18 atom stereocenters. The number of ketones is 1. The quantitative estimate of drug-likeness (QED) is 0.181. The van der Waals surface area contributed by atoms with Gasteiger partial charge in [-0.1, -0.05) is 45.0 Å². The summed E-state index contributed by atoms with van der Waals surface area (Å²) in [7, 11) is -0.0494. The highest BCUT2D eigenvalue weighted by molar-refractivity contribution is 7.90. The minimum Gasteiger partial charge on any atom is -0.459 e. The van der Waals surface area contributed by atoms with E-state index in [0.717, 1.165) is 11.8 Å². The fourth-order valence-electron chi connectivity index (χ4n) is 10.4. The van der Waals surface area contributed by atoms with Gasteiger partial charge in [0.2, 0.25) is 0 Å². The topological polar surface area (TPSA) is 259 Å². The van der Waals surface area contributed by atoms with E-state index < -0.39 is 130 Å². The smallest absolute Gasteiger partial charge is 0.311 e. The molecule has 3 aliphatic rings. The number of cyclic esters (lactones) is 1. The Balaban J connectivity index is 1.45. The molecule has 2 aromatic rings. The molecule has 0 saturated carbocycles. The van der Waals surface area contributed by atoms with Gasteiger partial charge in [-0.15, -0.1) is 5.10 Å². The van der Waals surface area contributed by atoms with E-state index in [-0.39, 0.29) is 24.2 Å². The van der Waals surface area contributed by atoms with Crippen LogP contribution in [0, 0.1) is 23.7 Å². The van der Waals surface area contributed by atoms with Gasteiger partial charge < -0.3 is 58.9 Å². The Morgan fingerprint density at radius 2 is 1.63 bits per heavy atom. The number of nitrogens with zero attached hydrogens (tertiary/aromatic N) is 4. The number of hydrogen-bond donors (Lipinski definition) is 5. The first-order valence-electron chi connectivity index (χ1n) is 23.8. The Labute approximate surface area is 401 Å². The highest BCUT2D eigenvalue weighted by atomic mass is 32.2. The molecule has 0 unspecified atom stereocenters. The van der Waals surface area contributed by atoms with Crippen LogP contribution in [0.15, 0.2) is 35.4 Å². The summed E-state index contributed by atoms with van der Waals surface area (Å²) in [4.78, 5) is 30.6. The molecule has 1 aromatic carbocycles. The molecule has 0 bridgehead atoms. The molecule has 3 fully saturated rings. The van der Waals surface area contributed by atoms with E-state index >= 15 is 0 Å². The molecular formula is C48H78N4O15S.